The summed E-state index contributed by atoms with van der Waals surface area (Å²) in [5, 5.41) is 10.7. The predicted molar refractivity (Wildman–Crippen MR) is 112 cm³/mol. The lowest BCUT2D eigenvalue weighted by atomic mass is 9.94. The van der Waals surface area contributed by atoms with Crippen LogP contribution in [0.5, 0.6) is 5.75 Å². The highest BCUT2D eigenvalue weighted by atomic mass is 31.2. The summed E-state index contributed by atoms with van der Waals surface area (Å²) in [4.78, 5) is 21.6. The summed E-state index contributed by atoms with van der Waals surface area (Å²) in [5.74, 6) is -0.634. The molecule has 29 heavy (non-hydrogen) atoms. The molecular formula is C22H18NO5P. The lowest BCUT2D eigenvalue weighted by Gasteiger charge is -2.25. The third kappa shape index (κ3) is 3.33. The molecule has 0 radical (unpaired) electrons. The SMILES string of the molecule is C=c1ccc2c(c1)P(=O)(O)c1cc(N)ccc1C=2c1ccc(OCC(=O)O)cc1. The standard InChI is InChI=1S/C22H18NO5P/c1-13-2-8-17-19(10-13)29(26,27)20-11-15(23)5-9-18(20)22(17)14-3-6-16(7-4-14)28-12-21(24)25/h2-11H,1,12,23H2,(H,24,25)(H,26,27). The smallest absolute Gasteiger partial charge is 0.341 e. The van der Waals surface area contributed by atoms with E-state index in [0.29, 0.717) is 32.7 Å². The second-order valence-corrected chi connectivity index (χ2v) is 8.90. The van der Waals surface area contributed by atoms with Crippen LogP contribution in [0, 0.1) is 0 Å². The van der Waals surface area contributed by atoms with Gasteiger partial charge in [-0.15, -0.1) is 0 Å². The van der Waals surface area contributed by atoms with E-state index in [0.717, 1.165) is 11.1 Å². The quantitative estimate of drug-likeness (QED) is 0.438. The highest BCUT2D eigenvalue weighted by Crippen LogP contribution is 2.43. The topological polar surface area (TPSA) is 110 Å². The van der Waals surface area contributed by atoms with Crippen LogP contribution in [0.4, 0.5) is 5.69 Å². The molecule has 4 rings (SSSR count). The largest absolute Gasteiger partial charge is 0.482 e. The lowest BCUT2D eigenvalue weighted by molar-refractivity contribution is -0.139. The Bertz CT molecular complexity index is 1300. The molecule has 0 aliphatic carbocycles. The number of anilines is 1. The Balaban J connectivity index is 1.97. The average molecular weight is 407 g/mol. The predicted octanol–water partition coefficient (Wildman–Crippen LogP) is 0.924. The molecular weight excluding hydrogens is 389 g/mol. The van der Waals surface area contributed by atoms with Gasteiger partial charge in [-0.25, -0.2) is 4.79 Å². The van der Waals surface area contributed by atoms with Crippen molar-refractivity contribution in [3.05, 3.63) is 82.2 Å². The molecule has 3 aromatic rings. The van der Waals surface area contributed by atoms with E-state index >= 15 is 0 Å². The van der Waals surface area contributed by atoms with Crippen LogP contribution in [-0.2, 0) is 9.36 Å². The van der Waals surface area contributed by atoms with E-state index < -0.39 is 19.9 Å². The number of hydrogen-bond acceptors (Lipinski definition) is 4. The van der Waals surface area contributed by atoms with E-state index in [1.165, 1.54) is 0 Å². The molecule has 0 fully saturated rings. The number of carbonyl (C=O) groups is 1. The van der Waals surface area contributed by atoms with Crippen LogP contribution in [0.25, 0.3) is 12.2 Å². The van der Waals surface area contributed by atoms with Crippen molar-refractivity contribution < 1.29 is 24.1 Å². The van der Waals surface area contributed by atoms with Gasteiger partial charge in [-0.05, 0) is 57.5 Å². The first-order valence-corrected chi connectivity index (χ1v) is 10.5. The summed E-state index contributed by atoms with van der Waals surface area (Å²) in [7, 11) is -3.84. The Kier molecular flexibility index (Phi) is 4.53. The number of hydrogen-bond donors (Lipinski definition) is 3. The van der Waals surface area contributed by atoms with Crippen LogP contribution in [-0.4, -0.2) is 22.6 Å². The average Bonchev–Trinajstić information content (AvgIpc) is 2.68. The van der Waals surface area contributed by atoms with Crippen molar-refractivity contribution in [1.82, 2.24) is 0 Å². The highest BCUT2D eigenvalue weighted by molar-refractivity contribution is 7.73. The van der Waals surface area contributed by atoms with Crippen molar-refractivity contribution in [3.63, 3.8) is 0 Å². The van der Waals surface area contributed by atoms with Crippen molar-refractivity contribution in [2.75, 3.05) is 12.3 Å². The summed E-state index contributed by atoms with van der Waals surface area (Å²) in [5.41, 5.74) is 8.53. The summed E-state index contributed by atoms with van der Waals surface area (Å²) in [6.45, 7) is 3.45. The van der Waals surface area contributed by atoms with Crippen molar-refractivity contribution in [2.45, 2.75) is 0 Å². The van der Waals surface area contributed by atoms with E-state index in [4.69, 9.17) is 15.6 Å². The molecule has 1 unspecified atom stereocenters. The van der Waals surface area contributed by atoms with Crippen molar-refractivity contribution in [2.24, 2.45) is 0 Å². The maximum Gasteiger partial charge on any atom is 0.341 e. The normalized spacial score (nSPS) is 17.3. The summed E-state index contributed by atoms with van der Waals surface area (Å²) in [6.07, 6.45) is 0. The third-order valence-corrected chi connectivity index (χ3v) is 6.83. The Morgan fingerprint density at radius 3 is 2.45 bits per heavy atom. The molecule has 146 valence electrons. The minimum Gasteiger partial charge on any atom is -0.482 e. The summed E-state index contributed by atoms with van der Waals surface area (Å²) in [6, 6.07) is 17.1. The number of benzene rings is 3. The Labute approximate surface area is 166 Å². The van der Waals surface area contributed by atoms with Gasteiger partial charge in [0.25, 0.3) is 7.37 Å². The molecule has 0 spiro atoms. The highest BCUT2D eigenvalue weighted by Gasteiger charge is 2.34. The Morgan fingerprint density at radius 2 is 1.76 bits per heavy atom. The molecule has 3 aromatic carbocycles. The number of fused-ring (bicyclic) bond motifs is 2. The molecule has 0 saturated heterocycles. The van der Waals surface area contributed by atoms with E-state index in [1.54, 1.807) is 60.7 Å². The molecule has 0 amide bonds. The van der Waals surface area contributed by atoms with Gasteiger partial charge in [0.2, 0.25) is 0 Å². The molecule has 6 nitrogen and oxygen atoms in total. The molecule has 1 heterocycles. The zero-order valence-corrected chi connectivity index (χ0v) is 16.2. The van der Waals surface area contributed by atoms with Crippen LogP contribution in [0.3, 0.4) is 0 Å². The summed E-state index contributed by atoms with van der Waals surface area (Å²) < 4.78 is 18.5. The monoisotopic (exact) mass is 407 g/mol. The lowest BCUT2D eigenvalue weighted by Crippen LogP contribution is -2.39. The van der Waals surface area contributed by atoms with E-state index in [9.17, 15) is 14.3 Å². The maximum absolute atomic E-state index is 13.3. The van der Waals surface area contributed by atoms with Gasteiger partial charge in [0.15, 0.2) is 6.61 Å². The van der Waals surface area contributed by atoms with Crippen LogP contribution in [0.2, 0.25) is 0 Å². The number of nitrogens with two attached hydrogens (primary N) is 1. The minimum absolute atomic E-state index is 0.289. The number of rotatable bonds is 4. The molecule has 7 heteroatoms. The fraction of sp³-hybridized carbons (Fsp3) is 0.0455. The van der Waals surface area contributed by atoms with Crippen LogP contribution in [0.1, 0.15) is 11.1 Å². The zero-order valence-electron chi connectivity index (χ0n) is 15.3. The first-order valence-electron chi connectivity index (χ1n) is 8.79. The summed E-state index contributed by atoms with van der Waals surface area (Å²) >= 11 is 0. The van der Waals surface area contributed by atoms with E-state index in [-0.39, 0.29) is 5.30 Å². The molecule has 0 bridgehead atoms. The van der Waals surface area contributed by atoms with Gasteiger partial charge in [-0.1, -0.05) is 36.9 Å². The van der Waals surface area contributed by atoms with E-state index in [1.807, 2.05) is 0 Å². The second kappa shape index (κ2) is 6.92. The molecule has 1 aliphatic rings. The third-order valence-electron chi connectivity index (χ3n) is 4.78. The molecule has 4 N–H and O–H groups in total. The van der Waals surface area contributed by atoms with Gasteiger partial charge < -0.3 is 20.5 Å². The fourth-order valence-electron chi connectivity index (χ4n) is 3.50. The van der Waals surface area contributed by atoms with Crippen molar-refractivity contribution in [1.29, 1.82) is 0 Å². The van der Waals surface area contributed by atoms with Crippen LogP contribution >= 0.6 is 7.37 Å². The fourth-order valence-corrected chi connectivity index (χ4v) is 5.45. The van der Waals surface area contributed by atoms with Crippen LogP contribution in [0.15, 0.2) is 60.7 Å². The van der Waals surface area contributed by atoms with Gasteiger partial charge in [-0.3, -0.25) is 4.57 Å². The van der Waals surface area contributed by atoms with Gasteiger partial charge in [0, 0.05) is 11.0 Å². The number of aliphatic carboxylic acids is 1. The minimum atomic E-state index is -3.84. The molecule has 1 aliphatic heterocycles. The second-order valence-electron chi connectivity index (χ2n) is 6.79. The van der Waals surface area contributed by atoms with Gasteiger partial charge >= 0.3 is 5.97 Å². The van der Waals surface area contributed by atoms with Crippen LogP contribution < -0.4 is 31.5 Å². The first-order chi connectivity index (χ1) is 13.8. The maximum atomic E-state index is 13.3. The van der Waals surface area contributed by atoms with Gasteiger partial charge in [0.05, 0.1) is 5.30 Å². The number of ether oxygens (including phenoxy) is 1. The molecule has 1 atom stereocenters. The van der Waals surface area contributed by atoms with Crippen molar-refractivity contribution >= 4 is 41.8 Å². The molecule has 0 aromatic heterocycles. The van der Waals surface area contributed by atoms with Gasteiger partial charge in [-0.2, -0.15) is 0 Å². The van der Waals surface area contributed by atoms with Crippen molar-refractivity contribution in [3.8, 4) is 5.75 Å². The van der Waals surface area contributed by atoms with E-state index in [2.05, 4.69) is 6.58 Å². The van der Waals surface area contributed by atoms with Gasteiger partial charge in [0.1, 0.15) is 5.75 Å². The number of carboxylic acids is 1. The number of carboxylic acid groups (broad SMARTS) is 1. The Morgan fingerprint density at radius 1 is 1.03 bits per heavy atom. The molecule has 0 saturated carbocycles. The Hall–Kier alpha value is -3.34. The number of nitrogen functional groups attached to an aromatic ring is 1. The first kappa shape index (κ1) is 19.0. The zero-order chi connectivity index (χ0) is 20.8.